The number of amides is 1. The highest BCUT2D eigenvalue weighted by Crippen LogP contribution is 2.24. The Morgan fingerprint density at radius 1 is 1.44 bits per heavy atom. The topological polar surface area (TPSA) is 33.2 Å². The molecule has 0 bridgehead atoms. The smallest absolute Gasteiger partial charge is 0.282 e. The van der Waals surface area contributed by atoms with Crippen LogP contribution in [0.25, 0.3) is 10.2 Å². The summed E-state index contributed by atoms with van der Waals surface area (Å²) in [4.78, 5) is 17.6. The standard InChI is InChI=1S/C12H14N2OS/c1-4-8-5-6-9-10(7-8)16-11(13-9)12(15)14(2)3/h5-7H,4H2,1-3H3. The van der Waals surface area contributed by atoms with Crippen molar-refractivity contribution in [3.05, 3.63) is 28.8 Å². The fraction of sp³-hybridized carbons (Fsp3) is 0.333. The first-order valence-corrected chi connectivity index (χ1v) is 6.04. The largest absolute Gasteiger partial charge is 0.343 e. The fourth-order valence-corrected chi connectivity index (χ4v) is 2.52. The second-order valence-corrected chi connectivity index (χ2v) is 4.90. The number of benzene rings is 1. The number of fused-ring (bicyclic) bond motifs is 1. The van der Waals surface area contributed by atoms with Gasteiger partial charge in [-0.2, -0.15) is 0 Å². The lowest BCUT2D eigenvalue weighted by molar-refractivity contribution is 0.0827. The molecule has 1 heterocycles. The van der Waals surface area contributed by atoms with Crippen LogP contribution in [-0.4, -0.2) is 29.9 Å². The molecular weight excluding hydrogens is 220 g/mol. The maximum Gasteiger partial charge on any atom is 0.282 e. The number of carbonyl (C=O) groups is 1. The van der Waals surface area contributed by atoms with Gasteiger partial charge in [-0.3, -0.25) is 4.79 Å². The van der Waals surface area contributed by atoms with E-state index >= 15 is 0 Å². The van der Waals surface area contributed by atoms with Gasteiger partial charge in [0.1, 0.15) is 0 Å². The van der Waals surface area contributed by atoms with Crippen LogP contribution in [0.2, 0.25) is 0 Å². The summed E-state index contributed by atoms with van der Waals surface area (Å²) in [6.07, 6.45) is 1.00. The monoisotopic (exact) mass is 234 g/mol. The normalized spacial score (nSPS) is 10.7. The SMILES string of the molecule is CCc1ccc2nc(C(=O)N(C)C)sc2c1. The quantitative estimate of drug-likeness (QED) is 0.800. The number of thiazole rings is 1. The van der Waals surface area contributed by atoms with Gasteiger partial charge in [0.15, 0.2) is 5.01 Å². The van der Waals surface area contributed by atoms with Crippen LogP contribution in [0.5, 0.6) is 0 Å². The van der Waals surface area contributed by atoms with Gasteiger partial charge in [0, 0.05) is 14.1 Å². The molecule has 0 radical (unpaired) electrons. The van der Waals surface area contributed by atoms with Crippen molar-refractivity contribution < 1.29 is 4.79 Å². The minimum absolute atomic E-state index is 0.0285. The first-order chi connectivity index (χ1) is 7.61. The molecule has 3 nitrogen and oxygen atoms in total. The van der Waals surface area contributed by atoms with Crippen molar-refractivity contribution in [2.45, 2.75) is 13.3 Å². The number of hydrogen-bond donors (Lipinski definition) is 0. The minimum Gasteiger partial charge on any atom is -0.343 e. The molecular formula is C12H14N2OS. The molecule has 1 aromatic carbocycles. The van der Waals surface area contributed by atoms with Crippen molar-refractivity contribution in [2.75, 3.05) is 14.1 Å². The summed E-state index contributed by atoms with van der Waals surface area (Å²) < 4.78 is 1.09. The van der Waals surface area contributed by atoms with Crippen molar-refractivity contribution in [2.24, 2.45) is 0 Å². The Hall–Kier alpha value is -1.42. The van der Waals surface area contributed by atoms with Gasteiger partial charge >= 0.3 is 0 Å². The zero-order valence-electron chi connectivity index (χ0n) is 9.65. The average molecular weight is 234 g/mol. The number of hydrogen-bond acceptors (Lipinski definition) is 3. The highest BCUT2D eigenvalue weighted by molar-refractivity contribution is 7.20. The molecule has 0 spiro atoms. The van der Waals surface area contributed by atoms with E-state index in [1.807, 2.05) is 6.07 Å². The summed E-state index contributed by atoms with van der Waals surface area (Å²) >= 11 is 1.46. The molecule has 2 rings (SSSR count). The molecule has 84 valence electrons. The Labute approximate surface area is 98.7 Å². The molecule has 0 saturated heterocycles. The van der Waals surface area contributed by atoms with Gasteiger partial charge in [0.25, 0.3) is 5.91 Å². The summed E-state index contributed by atoms with van der Waals surface area (Å²) in [5.74, 6) is -0.0285. The second-order valence-electron chi connectivity index (χ2n) is 3.87. The van der Waals surface area contributed by atoms with E-state index in [9.17, 15) is 4.79 Å². The first-order valence-electron chi connectivity index (χ1n) is 5.23. The molecule has 0 unspecified atom stereocenters. The van der Waals surface area contributed by atoms with Crippen LogP contribution in [0.1, 0.15) is 22.3 Å². The number of aromatic nitrogens is 1. The van der Waals surface area contributed by atoms with Crippen LogP contribution >= 0.6 is 11.3 Å². The summed E-state index contributed by atoms with van der Waals surface area (Å²) in [6, 6.07) is 6.16. The van der Waals surface area contributed by atoms with E-state index in [0.717, 1.165) is 16.6 Å². The van der Waals surface area contributed by atoms with E-state index in [0.29, 0.717) is 5.01 Å². The molecule has 1 amide bonds. The molecule has 2 aromatic rings. The third-order valence-corrected chi connectivity index (χ3v) is 3.46. The fourth-order valence-electron chi connectivity index (χ4n) is 1.47. The van der Waals surface area contributed by atoms with Gasteiger partial charge in [-0.15, -0.1) is 11.3 Å². The molecule has 16 heavy (non-hydrogen) atoms. The Kier molecular flexibility index (Phi) is 2.92. The lowest BCUT2D eigenvalue weighted by atomic mass is 10.2. The molecule has 0 atom stereocenters. The van der Waals surface area contributed by atoms with Crippen LogP contribution < -0.4 is 0 Å². The minimum atomic E-state index is -0.0285. The molecule has 0 fully saturated rings. The Bertz CT molecular complexity index is 531. The molecule has 4 heteroatoms. The van der Waals surface area contributed by atoms with Gasteiger partial charge < -0.3 is 4.90 Å². The van der Waals surface area contributed by atoms with E-state index in [1.165, 1.54) is 16.9 Å². The third kappa shape index (κ3) is 1.93. The molecule has 0 aliphatic heterocycles. The van der Waals surface area contributed by atoms with Crippen molar-refractivity contribution in [3.63, 3.8) is 0 Å². The number of aryl methyl sites for hydroxylation is 1. The van der Waals surface area contributed by atoms with Crippen molar-refractivity contribution in [1.82, 2.24) is 9.88 Å². The van der Waals surface area contributed by atoms with Gasteiger partial charge in [-0.1, -0.05) is 13.0 Å². The molecule has 0 N–H and O–H groups in total. The summed E-state index contributed by atoms with van der Waals surface area (Å²) in [7, 11) is 3.48. The van der Waals surface area contributed by atoms with Gasteiger partial charge in [-0.25, -0.2) is 4.98 Å². The maximum absolute atomic E-state index is 11.7. The van der Waals surface area contributed by atoms with E-state index < -0.39 is 0 Å². The van der Waals surface area contributed by atoms with Crippen LogP contribution in [0.15, 0.2) is 18.2 Å². The maximum atomic E-state index is 11.7. The van der Waals surface area contributed by atoms with Crippen LogP contribution in [0.3, 0.4) is 0 Å². The first kappa shape index (κ1) is 11.1. The highest BCUT2D eigenvalue weighted by Gasteiger charge is 2.13. The summed E-state index contributed by atoms with van der Waals surface area (Å²) in [5.41, 5.74) is 2.19. The predicted molar refractivity (Wildman–Crippen MR) is 67.0 cm³/mol. The van der Waals surface area contributed by atoms with Gasteiger partial charge in [0.05, 0.1) is 10.2 Å². The predicted octanol–water partition coefficient (Wildman–Crippen LogP) is 2.56. The zero-order valence-corrected chi connectivity index (χ0v) is 10.5. The lowest BCUT2D eigenvalue weighted by Crippen LogP contribution is -2.21. The zero-order chi connectivity index (χ0) is 11.7. The van der Waals surface area contributed by atoms with Crippen molar-refractivity contribution in [3.8, 4) is 0 Å². The third-order valence-electron chi connectivity index (χ3n) is 2.45. The number of rotatable bonds is 2. The second kappa shape index (κ2) is 4.22. The Balaban J connectivity index is 2.47. The van der Waals surface area contributed by atoms with Gasteiger partial charge in [-0.05, 0) is 24.1 Å². The summed E-state index contributed by atoms with van der Waals surface area (Å²) in [6.45, 7) is 2.12. The molecule has 0 aliphatic rings. The van der Waals surface area contributed by atoms with Crippen molar-refractivity contribution >= 4 is 27.5 Å². The van der Waals surface area contributed by atoms with E-state index in [4.69, 9.17) is 0 Å². The van der Waals surface area contributed by atoms with Crippen LogP contribution in [0, 0.1) is 0 Å². The average Bonchev–Trinajstić information content (AvgIpc) is 2.69. The van der Waals surface area contributed by atoms with Crippen molar-refractivity contribution in [1.29, 1.82) is 0 Å². The van der Waals surface area contributed by atoms with E-state index in [1.54, 1.807) is 19.0 Å². The summed E-state index contributed by atoms with van der Waals surface area (Å²) in [5, 5.41) is 0.563. The number of nitrogens with zero attached hydrogens (tertiary/aromatic N) is 2. The molecule has 0 saturated carbocycles. The number of carbonyl (C=O) groups excluding carboxylic acids is 1. The van der Waals surface area contributed by atoms with Crippen LogP contribution in [0.4, 0.5) is 0 Å². The Morgan fingerprint density at radius 3 is 2.81 bits per heavy atom. The Morgan fingerprint density at radius 2 is 2.19 bits per heavy atom. The molecule has 0 aliphatic carbocycles. The van der Waals surface area contributed by atoms with Gasteiger partial charge in [0.2, 0.25) is 0 Å². The highest BCUT2D eigenvalue weighted by atomic mass is 32.1. The lowest BCUT2D eigenvalue weighted by Gasteiger charge is -2.05. The van der Waals surface area contributed by atoms with E-state index in [2.05, 4.69) is 24.0 Å². The molecule has 1 aromatic heterocycles. The van der Waals surface area contributed by atoms with E-state index in [-0.39, 0.29) is 5.91 Å². The van der Waals surface area contributed by atoms with Crippen LogP contribution in [-0.2, 0) is 6.42 Å².